The molecule has 0 saturated carbocycles. The van der Waals surface area contributed by atoms with Crippen LogP contribution in [0.5, 0.6) is 11.5 Å². The van der Waals surface area contributed by atoms with Gasteiger partial charge in [0.1, 0.15) is 12.2 Å². The molecule has 2 aromatic rings. The van der Waals surface area contributed by atoms with E-state index in [1.54, 1.807) is 20.5 Å². The molecule has 1 heterocycles. The number of aryl methyl sites for hydroxylation is 1. The standard InChI is InChI=1S/C12H15N3O2/c1-15-8-13-14-12(15)7-9-4-5-10(16-2)11(6-9)17-3/h4-6,8H,7H2,1-3H3. The maximum Gasteiger partial charge on any atom is 0.161 e. The highest BCUT2D eigenvalue weighted by molar-refractivity contribution is 5.43. The van der Waals surface area contributed by atoms with Crippen molar-refractivity contribution in [3.63, 3.8) is 0 Å². The second-order valence-corrected chi connectivity index (χ2v) is 3.72. The Hall–Kier alpha value is -2.04. The van der Waals surface area contributed by atoms with Crippen LogP contribution in [0.3, 0.4) is 0 Å². The average Bonchev–Trinajstić information content (AvgIpc) is 2.75. The first-order chi connectivity index (χ1) is 8.24. The lowest BCUT2D eigenvalue weighted by atomic mass is 10.1. The first-order valence-corrected chi connectivity index (χ1v) is 5.28. The first kappa shape index (κ1) is 11.4. The summed E-state index contributed by atoms with van der Waals surface area (Å²) >= 11 is 0. The summed E-state index contributed by atoms with van der Waals surface area (Å²) in [6.07, 6.45) is 2.41. The van der Waals surface area contributed by atoms with Crippen LogP contribution in [-0.4, -0.2) is 29.0 Å². The summed E-state index contributed by atoms with van der Waals surface area (Å²) in [7, 11) is 5.18. The molecule has 5 nitrogen and oxygen atoms in total. The van der Waals surface area contributed by atoms with Crippen LogP contribution in [0.25, 0.3) is 0 Å². The van der Waals surface area contributed by atoms with Crippen LogP contribution in [0.15, 0.2) is 24.5 Å². The van der Waals surface area contributed by atoms with Crippen molar-refractivity contribution in [3.8, 4) is 11.5 Å². The van der Waals surface area contributed by atoms with Gasteiger partial charge in [0.2, 0.25) is 0 Å². The fourth-order valence-electron chi connectivity index (χ4n) is 1.64. The lowest BCUT2D eigenvalue weighted by molar-refractivity contribution is 0.354. The van der Waals surface area contributed by atoms with Crippen LogP contribution in [0.4, 0.5) is 0 Å². The molecule has 0 fully saturated rings. The van der Waals surface area contributed by atoms with Crippen molar-refractivity contribution < 1.29 is 9.47 Å². The molecule has 0 atom stereocenters. The maximum atomic E-state index is 5.26. The third-order valence-electron chi connectivity index (χ3n) is 2.62. The van der Waals surface area contributed by atoms with Gasteiger partial charge in [-0.3, -0.25) is 0 Å². The zero-order valence-electron chi connectivity index (χ0n) is 10.2. The van der Waals surface area contributed by atoms with Crippen molar-refractivity contribution in [1.82, 2.24) is 14.8 Å². The van der Waals surface area contributed by atoms with Crippen LogP contribution in [0.1, 0.15) is 11.4 Å². The number of ether oxygens (including phenoxy) is 2. The van der Waals surface area contributed by atoms with Crippen molar-refractivity contribution in [2.45, 2.75) is 6.42 Å². The van der Waals surface area contributed by atoms with E-state index in [0.717, 1.165) is 29.3 Å². The van der Waals surface area contributed by atoms with Gasteiger partial charge < -0.3 is 14.0 Å². The average molecular weight is 233 g/mol. The molecule has 0 unspecified atom stereocenters. The van der Waals surface area contributed by atoms with E-state index in [4.69, 9.17) is 9.47 Å². The minimum atomic E-state index is 0.719. The molecule has 0 spiro atoms. The Labute approximate surface area is 100 Å². The third kappa shape index (κ3) is 2.38. The van der Waals surface area contributed by atoms with Crippen molar-refractivity contribution >= 4 is 0 Å². The number of hydrogen-bond acceptors (Lipinski definition) is 4. The van der Waals surface area contributed by atoms with Gasteiger partial charge >= 0.3 is 0 Å². The van der Waals surface area contributed by atoms with Crippen molar-refractivity contribution in [2.24, 2.45) is 7.05 Å². The van der Waals surface area contributed by atoms with Crippen LogP contribution in [0, 0.1) is 0 Å². The molecule has 0 saturated heterocycles. The number of rotatable bonds is 4. The second-order valence-electron chi connectivity index (χ2n) is 3.72. The molecular formula is C12H15N3O2. The van der Waals surface area contributed by atoms with Crippen molar-refractivity contribution in [3.05, 3.63) is 35.9 Å². The molecule has 0 bridgehead atoms. The highest BCUT2D eigenvalue weighted by atomic mass is 16.5. The smallest absolute Gasteiger partial charge is 0.161 e. The second kappa shape index (κ2) is 4.86. The normalized spacial score (nSPS) is 10.3. The number of methoxy groups -OCH3 is 2. The van der Waals surface area contributed by atoms with Crippen molar-refractivity contribution in [2.75, 3.05) is 14.2 Å². The van der Waals surface area contributed by atoms with E-state index >= 15 is 0 Å². The Morgan fingerprint density at radius 2 is 1.94 bits per heavy atom. The van der Waals surface area contributed by atoms with Gasteiger partial charge in [-0.25, -0.2) is 0 Å². The Bertz CT molecular complexity index is 508. The Morgan fingerprint density at radius 3 is 2.53 bits per heavy atom. The molecule has 0 aliphatic heterocycles. The van der Waals surface area contributed by atoms with E-state index in [-0.39, 0.29) is 0 Å². The molecule has 1 aromatic carbocycles. The summed E-state index contributed by atoms with van der Waals surface area (Å²) < 4.78 is 12.3. The summed E-state index contributed by atoms with van der Waals surface area (Å²) in [4.78, 5) is 0. The molecule has 17 heavy (non-hydrogen) atoms. The molecular weight excluding hydrogens is 218 g/mol. The first-order valence-electron chi connectivity index (χ1n) is 5.28. The monoisotopic (exact) mass is 233 g/mol. The van der Waals surface area contributed by atoms with E-state index in [1.165, 1.54) is 0 Å². The largest absolute Gasteiger partial charge is 0.493 e. The minimum Gasteiger partial charge on any atom is -0.493 e. The van der Waals surface area contributed by atoms with Gasteiger partial charge in [-0.05, 0) is 17.7 Å². The Morgan fingerprint density at radius 1 is 1.18 bits per heavy atom. The molecule has 5 heteroatoms. The van der Waals surface area contributed by atoms with Crippen LogP contribution < -0.4 is 9.47 Å². The fourth-order valence-corrected chi connectivity index (χ4v) is 1.64. The highest BCUT2D eigenvalue weighted by Gasteiger charge is 2.07. The molecule has 0 N–H and O–H groups in total. The van der Waals surface area contributed by atoms with Gasteiger partial charge in [0, 0.05) is 13.5 Å². The molecule has 0 radical (unpaired) electrons. The topological polar surface area (TPSA) is 49.2 Å². The van der Waals surface area contributed by atoms with Gasteiger partial charge in [-0.15, -0.1) is 10.2 Å². The molecule has 0 aliphatic carbocycles. The van der Waals surface area contributed by atoms with Crippen molar-refractivity contribution in [1.29, 1.82) is 0 Å². The summed E-state index contributed by atoms with van der Waals surface area (Å²) in [6, 6.07) is 5.84. The van der Waals surface area contributed by atoms with Gasteiger partial charge in [-0.1, -0.05) is 6.07 Å². The molecule has 1 aromatic heterocycles. The fraction of sp³-hybridized carbons (Fsp3) is 0.333. The molecule has 0 amide bonds. The van der Waals surface area contributed by atoms with E-state index in [0.29, 0.717) is 0 Å². The zero-order valence-corrected chi connectivity index (χ0v) is 10.2. The number of benzene rings is 1. The van der Waals surface area contributed by atoms with Gasteiger partial charge in [0.25, 0.3) is 0 Å². The Balaban J connectivity index is 2.25. The predicted molar refractivity (Wildman–Crippen MR) is 63.4 cm³/mol. The molecule has 90 valence electrons. The van der Waals surface area contributed by atoms with Gasteiger partial charge in [0.05, 0.1) is 14.2 Å². The van der Waals surface area contributed by atoms with Crippen LogP contribution >= 0.6 is 0 Å². The van der Waals surface area contributed by atoms with Gasteiger partial charge in [-0.2, -0.15) is 0 Å². The number of hydrogen-bond donors (Lipinski definition) is 0. The van der Waals surface area contributed by atoms with E-state index in [1.807, 2.05) is 29.8 Å². The lowest BCUT2D eigenvalue weighted by Crippen LogP contribution is -1.99. The summed E-state index contributed by atoms with van der Waals surface area (Å²) in [5.74, 6) is 2.37. The number of aromatic nitrogens is 3. The minimum absolute atomic E-state index is 0.719. The zero-order chi connectivity index (χ0) is 12.3. The quantitative estimate of drug-likeness (QED) is 0.801. The predicted octanol–water partition coefficient (Wildman–Crippen LogP) is 1.42. The molecule has 2 rings (SSSR count). The highest BCUT2D eigenvalue weighted by Crippen LogP contribution is 2.28. The van der Waals surface area contributed by atoms with E-state index in [2.05, 4.69) is 10.2 Å². The SMILES string of the molecule is COc1ccc(Cc2nncn2C)cc1OC. The third-order valence-corrected chi connectivity index (χ3v) is 2.62. The summed E-state index contributed by atoms with van der Waals surface area (Å²) in [5, 5.41) is 7.90. The Kier molecular flexibility index (Phi) is 3.27. The maximum absolute atomic E-state index is 5.26. The van der Waals surface area contributed by atoms with E-state index < -0.39 is 0 Å². The van der Waals surface area contributed by atoms with Crippen LogP contribution in [0.2, 0.25) is 0 Å². The summed E-state index contributed by atoms with van der Waals surface area (Å²) in [5.41, 5.74) is 1.11. The summed E-state index contributed by atoms with van der Waals surface area (Å²) in [6.45, 7) is 0. The molecule has 0 aliphatic rings. The number of nitrogens with zero attached hydrogens (tertiary/aromatic N) is 3. The van der Waals surface area contributed by atoms with E-state index in [9.17, 15) is 0 Å². The lowest BCUT2D eigenvalue weighted by Gasteiger charge is -2.09. The van der Waals surface area contributed by atoms with Gasteiger partial charge in [0.15, 0.2) is 11.5 Å². The van der Waals surface area contributed by atoms with Crippen LogP contribution in [-0.2, 0) is 13.5 Å².